The molecule has 6 nitrogen and oxygen atoms in total. The fourth-order valence-corrected chi connectivity index (χ4v) is 2.08. The van der Waals surface area contributed by atoms with Crippen molar-refractivity contribution in [3.05, 3.63) is 24.3 Å². The number of carbonyl (C=O) groups is 2. The van der Waals surface area contributed by atoms with E-state index >= 15 is 0 Å². The van der Waals surface area contributed by atoms with Gasteiger partial charge in [-0.1, -0.05) is 12.1 Å². The molecule has 0 bridgehead atoms. The third kappa shape index (κ3) is 2.78. The van der Waals surface area contributed by atoms with Gasteiger partial charge in [0.2, 0.25) is 0 Å². The molecule has 19 heavy (non-hydrogen) atoms. The summed E-state index contributed by atoms with van der Waals surface area (Å²) in [5.41, 5.74) is 7.16. The van der Waals surface area contributed by atoms with E-state index in [4.69, 9.17) is 5.73 Å². The highest BCUT2D eigenvalue weighted by Crippen LogP contribution is 2.26. The maximum atomic E-state index is 12.2. The van der Waals surface area contributed by atoms with E-state index in [0.29, 0.717) is 31.0 Å². The molecule has 1 aliphatic rings. The number of para-hydroxylation sites is 2. The van der Waals surface area contributed by atoms with Crippen LogP contribution >= 0.6 is 0 Å². The van der Waals surface area contributed by atoms with E-state index in [1.165, 1.54) is 7.11 Å². The van der Waals surface area contributed by atoms with Crippen molar-refractivity contribution in [2.24, 2.45) is 0 Å². The van der Waals surface area contributed by atoms with Crippen LogP contribution in [0.3, 0.4) is 0 Å². The second-order valence-corrected chi connectivity index (χ2v) is 4.31. The predicted octanol–water partition coefficient (Wildman–Crippen LogP) is 1.07. The molecule has 1 aromatic rings. The molecule has 1 heterocycles. The Morgan fingerprint density at radius 2 is 2.11 bits per heavy atom. The van der Waals surface area contributed by atoms with Gasteiger partial charge < -0.3 is 15.4 Å². The van der Waals surface area contributed by atoms with Gasteiger partial charge >= 0.3 is 12.0 Å². The molecule has 6 heteroatoms. The van der Waals surface area contributed by atoms with Crippen molar-refractivity contribution in [3.63, 3.8) is 0 Å². The molecule has 102 valence electrons. The fraction of sp³-hybridized carbons (Fsp3) is 0.385. The highest BCUT2D eigenvalue weighted by atomic mass is 16.5. The summed E-state index contributed by atoms with van der Waals surface area (Å²) in [7, 11) is 1.34. The van der Waals surface area contributed by atoms with Crippen molar-refractivity contribution in [2.75, 3.05) is 37.4 Å². The van der Waals surface area contributed by atoms with Gasteiger partial charge in [0.15, 0.2) is 0 Å². The molecule has 2 N–H and O–H groups in total. The van der Waals surface area contributed by atoms with Gasteiger partial charge in [0.05, 0.1) is 24.9 Å². The molecular formula is C13H17N3O3. The summed E-state index contributed by atoms with van der Waals surface area (Å²) < 4.78 is 4.57. The zero-order valence-electron chi connectivity index (χ0n) is 10.8. The highest BCUT2D eigenvalue weighted by Gasteiger charge is 2.30. The monoisotopic (exact) mass is 263 g/mol. The fourth-order valence-electron chi connectivity index (χ4n) is 2.08. The number of nitrogens with zero attached hydrogens (tertiary/aromatic N) is 2. The van der Waals surface area contributed by atoms with Gasteiger partial charge in [-0.25, -0.2) is 4.79 Å². The zero-order valence-corrected chi connectivity index (χ0v) is 10.8. The number of esters is 1. The number of ether oxygens (including phenoxy) is 1. The molecule has 2 amide bonds. The summed E-state index contributed by atoms with van der Waals surface area (Å²) >= 11 is 0. The maximum absolute atomic E-state index is 12.2. The van der Waals surface area contributed by atoms with Crippen molar-refractivity contribution in [3.8, 4) is 0 Å². The van der Waals surface area contributed by atoms with Gasteiger partial charge in [-0.15, -0.1) is 0 Å². The maximum Gasteiger partial charge on any atom is 0.324 e. The summed E-state index contributed by atoms with van der Waals surface area (Å²) in [5.74, 6) is -0.314. The van der Waals surface area contributed by atoms with Crippen LogP contribution in [0.25, 0.3) is 0 Å². The van der Waals surface area contributed by atoms with Crippen molar-refractivity contribution in [1.29, 1.82) is 0 Å². The number of benzene rings is 1. The number of carbonyl (C=O) groups excluding carboxylic acids is 2. The van der Waals surface area contributed by atoms with Crippen LogP contribution in [0.4, 0.5) is 16.2 Å². The van der Waals surface area contributed by atoms with E-state index in [1.54, 1.807) is 15.9 Å². The number of hydrogen-bond acceptors (Lipinski definition) is 4. The first kappa shape index (κ1) is 13.2. The first-order chi connectivity index (χ1) is 9.13. The molecule has 0 saturated carbocycles. The van der Waals surface area contributed by atoms with E-state index in [1.807, 2.05) is 18.2 Å². The van der Waals surface area contributed by atoms with Gasteiger partial charge in [0.25, 0.3) is 0 Å². The Labute approximate surface area is 111 Å². The lowest BCUT2D eigenvalue weighted by Gasteiger charge is -2.19. The normalized spacial score (nSPS) is 14.9. The quantitative estimate of drug-likeness (QED) is 0.651. The standard InChI is InChI=1S/C13H17N3O3/c1-19-12(17)6-7-15-8-9-16(13(15)18)11-5-3-2-4-10(11)14/h2-5H,6-9,14H2,1H3. The van der Waals surface area contributed by atoms with E-state index in [-0.39, 0.29) is 18.4 Å². The second kappa shape index (κ2) is 5.60. The average Bonchev–Trinajstić information content (AvgIpc) is 2.78. The Bertz CT molecular complexity index is 490. The van der Waals surface area contributed by atoms with Gasteiger partial charge in [0, 0.05) is 19.6 Å². The minimum atomic E-state index is -0.314. The van der Waals surface area contributed by atoms with E-state index in [9.17, 15) is 9.59 Å². The Morgan fingerprint density at radius 3 is 2.79 bits per heavy atom. The molecule has 2 rings (SSSR count). The summed E-state index contributed by atoms with van der Waals surface area (Å²) in [6.07, 6.45) is 0.209. The highest BCUT2D eigenvalue weighted by molar-refractivity contribution is 5.97. The van der Waals surface area contributed by atoms with Crippen LogP contribution in [0, 0.1) is 0 Å². The number of urea groups is 1. The number of amides is 2. The van der Waals surface area contributed by atoms with Crippen LogP contribution in [0.15, 0.2) is 24.3 Å². The minimum Gasteiger partial charge on any atom is -0.469 e. The van der Waals surface area contributed by atoms with Crippen LogP contribution in [0.1, 0.15) is 6.42 Å². The molecule has 0 atom stereocenters. The molecule has 0 radical (unpaired) electrons. The predicted molar refractivity (Wildman–Crippen MR) is 71.8 cm³/mol. The van der Waals surface area contributed by atoms with Gasteiger partial charge in [-0.2, -0.15) is 0 Å². The van der Waals surface area contributed by atoms with E-state index in [2.05, 4.69) is 4.74 Å². The summed E-state index contributed by atoms with van der Waals surface area (Å²) in [5, 5.41) is 0. The molecule has 1 aliphatic heterocycles. The first-order valence-corrected chi connectivity index (χ1v) is 6.11. The number of nitrogen functional groups attached to an aromatic ring is 1. The number of anilines is 2. The zero-order chi connectivity index (χ0) is 13.8. The molecule has 0 unspecified atom stereocenters. The lowest BCUT2D eigenvalue weighted by molar-refractivity contribution is -0.140. The van der Waals surface area contributed by atoms with Crippen LogP contribution < -0.4 is 10.6 Å². The van der Waals surface area contributed by atoms with Gasteiger partial charge in [-0.05, 0) is 12.1 Å². The lowest BCUT2D eigenvalue weighted by Crippen LogP contribution is -2.33. The van der Waals surface area contributed by atoms with Crippen LogP contribution in [-0.4, -0.2) is 43.6 Å². The average molecular weight is 263 g/mol. The van der Waals surface area contributed by atoms with Crippen molar-refractivity contribution >= 4 is 23.4 Å². The van der Waals surface area contributed by atoms with E-state index < -0.39 is 0 Å². The Morgan fingerprint density at radius 1 is 1.37 bits per heavy atom. The molecule has 0 spiro atoms. The topological polar surface area (TPSA) is 75.9 Å². The van der Waals surface area contributed by atoms with Crippen molar-refractivity contribution in [1.82, 2.24) is 4.90 Å². The second-order valence-electron chi connectivity index (χ2n) is 4.31. The Hall–Kier alpha value is -2.24. The molecular weight excluding hydrogens is 246 g/mol. The Kier molecular flexibility index (Phi) is 3.89. The van der Waals surface area contributed by atoms with Crippen molar-refractivity contribution in [2.45, 2.75) is 6.42 Å². The van der Waals surface area contributed by atoms with Crippen molar-refractivity contribution < 1.29 is 14.3 Å². The first-order valence-electron chi connectivity index (χ1n) is 6.11. The number of nitrogens with two attached hydrogens (primary N) is 1. The minimum absolute atomic E-state index is 0.123. The molecule has 1 saturated heterocycles. The van der Waals surface area contributed by atoms with E-state index in [0.717, 1.165) is 0 Å². The summed E-state index contributed by atoms with van der Waals surface area (Å²) in [6.45, 7) is 1.53. The summed E-state index contributed by atoms with van der Waals surface area (Å²) in [4.78, 5) is 26.6. The molecule has 0 aromatic heterocycles. The smallest absolute Gasteiger partial charge is 0.324 e. The third-order valence-electron chi connectivity index (χ3n) is 3.14. The molecule has 1 aromatic carbocycles. The largest absolute Gasteiger partial charge is 0.469 e. The molecule has 0 aliphatic carbocycles. The van der Waals surface area contributed by atoms with Gasteiger partial charge in [-0.3, -0.25) is 9.69 Å². The number of rotatable bonds is 4. The number of hydrogen-bond donors (Lipinski definition) is 1. The Balaban J connectivity index is 2.02. The molecule has 1 fully saturated rings. The number of methoxy groups -OCH3 is 1. The van der Waals surface area contributed by atoms with Gasteiger partial charge in [0.1, 0.15) is 0 Å². The summed E-state index contributed by atoms with van der Waals surface area (Å²) in [6, 6.07) is 7.13. The lowest BCUT2D eigenvalue weighted by atomic mass is 10.2. The third-order valence-corrected chi connectivity index (χ3v) is 3.14. The van der Waals surface area contributed by atoms with Crippen LogP contribution in [0.5, 0.6) is 0 Å². The van der Waals surface area contributed by atoms with Crippen LogP contribution in [0.2, 0.25) is 0 Å². The van der Waals surface area contributed by atoms with Crippen LogP contribution in [-0.2, 0) is 9.53 Å². The SMILES string of the molecule is COC(=O)CCN1CCN(c2ccccc2N)C1=O.